The molecule has 102 valence electrons. The minimum atomic E-state index is 0.216. The summed E-state index contributed by atoms with van der Waals surface area (Å²) in [5, 5.41) is 16.3. The smallest absolute Gasteiger partial charge is 0.167 e. The van der Waals surface area contributed by atoms with Gasteiger partial charge in [-0.05, 0) is 48.4 Å². The van der Waals surface area contributed by atoms with Gasteiger partial charge in [0.2, 0.25) is 0 Å². The Morgan fingerprint density at radius 1 is 1.44 bits per heavy atom. The molecule has 1 saturated heterocycles. The molecule has 6 heteroatoms. The van der Waals surface area contributed by atoms with E-state index >= 15 is 0 Å². The molecule has 0 amide bonds. The van der Waals surface area contributed by atoms with Gasteiger partial charge in [-0.1, -0.05) is 13.8 Å². The molecule has 0 radical (unpaired) electrons. The Labute approximate surface area is 113 Å². The van der Waals surface area contributed by atoms with Crippen LogP contribution in [0.4, 0.5) is 0 Å². The summed E-state index contributed by atoms with van der Waals surface area (Å²) in [4.78, 5) is 0. The van der Waals surface area contributed by atoms with Crippen molar-refractivity contribution in [2.75, 3.05) is 12.3 Å². The number of aromatic nitrogens is 4. The third-order valence-electron chi connectivity index (χ3n) is 3.18. The predicted octanol–water partition coefficient (Wildman–Crippen LogP) is 1.88. The Morgan fingerprint density at radius 3 is 2.94 bits per heavy atom. The molecule has 2 heterocycles. The van der Waals surface area contributed by atoms with Gasteiger partial charge in [-0.2, -0.15) is 11.8 Å². The zero-order valence-electron chi connectivity index (χ0n) is 11.5. The Morgan fingerprint density at radius 2 is 2.28 bits per heavy atom. The van der Waals surface area contributed by atoms with Gasteiger partial charge in [-0.15, -0.1) is 5.10 Å². The van der Waals surface area contributed by atoms with E-state index in [9.17, 15) is 0 Å². The Balaban J connectivity index is 1.93. The van der Waals surface area contributed by atoms with Crippen molar-refractivity contribution in [3.63, 3.8) is 0 Å². The van der Waals surface area contributed by atoms with Crippen LogP contribution in [0.2, 0.25) is 0 Å². The standard InChI is InChI=1S/C12H23N5S/c1-9(2)7-13-10(3)12-14-15-16-17(12)8-11-5-4-6-18-11/h9-11,13H,4-8H2,1-3H3. The highest BCUT2D eigenvalue weighted by atomic mass is 32.2. The fraction of sp³-hybridized carbons (Fsp3) is 0.917. The van der Waals surface area contributed by atoms with Crippen molar-refractivity contribution < 1.29 is 0 Å². The second kappa shape index (κ2) is 6.52. The molecule has 0 saturated carbocycles. The molecule has 1 aliphatic heterocycles. The quantitative estimate of drug-likeness (QED) is 0.854. The fourth-order valence-corrected chi connectivity index (χ4v) is 3.38. The first-order valence-corrected chi connectivity index (χ1v) is 7.82. The van der Waals surface area contributed by atoms with Crippen LogP contribution in [0, 0.1) is 5.92 Å². The summed E-state index contributed by atoms with van der Waals surface area (Å²) in [5.74, 6) is 2.88. The van der Waals surface area contributed by atoms with Crippen molar-refractivity contribution in [1.29, 1.82) is 0 Å². The summed E-state index contributed by atoms with van der Waals surface area (Å²) >= 11 is 2.04. The Hall–Kier alpha value is -0.620. The molecule has 1 aromatic heterocycles. The number of tetrazole rings is 1. The summed E-state index contributed by atoms with van der Waals surface area (Å²) in [5.41, 5.74) is 0. The van der Waals surface area contributed by atoms with E-state index < -0.39 is 0 Å². The lowest BCUT2D eigenvalue weighted by molar-refractivity contribution is 0.449. The normalized spacial score (nSPS) is 21.7. The van der Waals surface area contributed by atoms with Crippen LogP contribution >= 0.6 is 11.8 Å². The fourth-order valence-electron chi connectivity index (χ4n) is 2.14. The zero-order chi connectivity index (χ0) is 13.0. The number of rotatable bonds is 6. The van der Waals surface area contributed by atoms with Crippen molar-refractivity contribution in [2.24, 2.45) is 5.92 Å². The minimum Gasteiger partial charge on any atom is -0.307 e. The molecular formula is C12H23N5S. The number of nitrogens with one attached hydrogen (secondary N) is 1. The van der Waals surface area contributed by atoms with Gasteiger partial charge in [0, 0.05) is 5.25 Å². The number of nitrogens with zero attached hydrogens (tertiary/aromatic N) is 4. The van der Waals surface area contributed by atoms with Crippen molar-refractivity contribution in [2.45, 2.75) is 51.4 Å². The van der Waals surface area contributed by atoms with E-state index in [1.54, 1.807) is 0 Å². The molecule has 2 atom stereocenters. The molecule has 0 aliphatic carbocycles. The van der Waals surface area contributed by atoms with Crippen LogP contribution < -0.4 is 5.32 Å². The summed E-state index contributed by atoms with van der Waals surface area (Å²) < 4.78 is 1.97. The van der Waals surface area contributed by atoms with E-state index in [2.05, 4.69) is 41.6 Å². The van der Waals surface area contributed by atoms with E-state index in [1.165, 1.54) is 18.6 Å². The Bertz CT molecular complexity index is 359. The first kappa shape index (κ1) is 13.8. The van der Waals surface area contributed by atoms with E-state index in [4.69, 9.17) is 0 Å². The van der Waals surface area contributed by atoms with Gasteiger partial charge in [0.1, 0.15) is 0 Å². The Kier molecular flexibility index (Phi) is 5.00. The van der Waals surface area contributed by atoms with Crippen LogP contribution in [0.25, 0.3) is 0 Å². The molecular weight excluding hydrogens is 246 g/mol. The van der Waals surface area contributed by atoms with Gasteiger partial charge in [0.15, 0.2) is 5.82 Å². The molecule has 0 bridgehead atoms. The van der Waals surface area contributed by atoms with E-state index in [0.29, 0.717) is 11.2 Å². The first-order chi connectivity index (χ1) is 8.66. The predicted molar refractivity (Wildman–Crippen MR) is 74.6 cm³/mol. The maximum atomic E-state index is 4.17. The van der Waals surface area contributed by atoms with Crippen molar-refractivity contribution >= 4 is 11.8 Å². The van der Waals surface area contributed by atoms with Crippen molar-refractivity contribution in [3.05, 3.63) is 5.82 Å². The third-order valence-corrected chi connectivity index (χ3v) is 4.56. The lowest BCUT2D eigenvalue weighted by Gasteiger charge is -2.16. The summed E-state index contributed by atoms with van der Waals surface area (Å²) in [6, 6.07) is 0.216. The van der Waals surface area contributed by atoms with E-state index in [-0.39, 0.29) is 6.04 Å². The van der Waals surface area contributed by atoms with Crippen LogP contribution in [0.3, 0.4) is 0 Å². The van der Waals surface area contributed by atoms with Gasteiger partial charge in [0.05, 0.1) is 12.6 Å². The van der Waals surface area contributed by atoms with Crippen LogP contribution in [0.15, 0.2) is 0 Å². The highest BCUT2D eigenvalue weighted by molar-refractivity contribution is 8.00. The molecule has 1 N–H and O–H groups in total. The number of thioether (sulfide) groups is 1. The lowest BCUT2D eigenvalue weighted by atomic mass is 10.2. The summed E-state index contributed by atoms with van der Waals surface area (Å²) in [7, 11) is 0. The third kappa shape index (κ3) is 3.68. The maximum Gasteiger partial charge on any atom is 0.167 e. The first-order valence-electron chi connectivity index (χ1n) is 6.78. The summed E-state index contributed by atoms with van der Waals surface area (Å²) in [6.45, 7) is 8.48. The minimum absolute atomic E-state index is 0.216. The van der Waals surface area contributed by atoms with Gasteiger partial charge < -0.3 is 5.32 Å². The van der Waals surface area contributed by atoms with Gasteiger partial charge in [0.25, 0.3) is 0 Å². The van der Waals surface area contributed by atoms with Gasteiger partial charge in [-0.3, -0.25) is 0 Å². The SMILES string of the molecule is CC(C)CNC(C)c1nnnn1CC1CCCS1. The van der Waals surface area contributed by atoms with Gasteiger partial charge >= 0.3 is 0 Å². The van der Waals surface area contributed by atoms with Crippen LogP contribution in [0.5, 0.6) is 0 Å². The van der Waals surface area contributed by atoms with E-state index in [1.807, 2.05) is 16.4 Å². The molecule has 5 nitrogen and oxygen atoms in total. The van der Waals surface area contributed by atoms with Crippen molar-refractivity contribution in [3.8, 4) is 0 Å². The van der Waals surface area contributed by atoms with Crippen LogP contribution in [0.1, 0.15) is 45.5 Å². The second-order valence-corrected chi connectivity index (χ2v) is 6.79. The topological polar surface area (TPSA) is 55.6 Å². The average Bonchev–Trinajstić information content (AvgIpc) is 2.97. The van der Waals surface area contributed by atoms with Crippen LogP contribution in [-0.2, 0) is 6.54 Å². The van der Waals surface area contributed by atoms with Crippen molar-refractivity contribution in [1.82, 2.24) is 25.5 Å². The highest BCUT2D eigenvalue weighted by Crippen LogP contribution is 2.27. The van der Waals surface area contributed by atoms with Gasteiger partial charge in [-0.25, -0.2) is 4.68 Å². The summed E-state index contributed by atoms with van der Waals surface area (Å²) in [6.07, 6.45) is 2.62. The number of hydrogen-bond donors (Lipinski definition) is 1. The van der Waals surface area contributed by atoms with E-state index in [0.717, 1.165) is 18.9 Å². The lowest BCUT2D eigenvalue weighted by Crippen LogP contribution is -2.27. The molecule has 1 aliphatic rings. The largest absolute Gasteiger partial charge is 0.307 e. The zero-order valence-corrected chi connectivity index (χ0v) is 12.3. The molecule has 0 aromatic carbocycles. The monoisotopic (exact) mass is 269 g/mol. The average molecular weight is 269 g/mol. The molecule has 2 rings (SSSR count). The molecule has 0 spiro atoms. The maximum absolute atomic E-state index is 4.17. The second-order valence-electron chi connectivity index (χ2n) is 5.38. The molecule has 2 unspecified atom stereocenters. The molecule has 18 heavy (non-hydrogen) atoms. The number of hydrogen-bond acceptors (Lipinski definition) is 5. The molecule has 1 fully saturated rings. The highest BCUT2D eigenvalue weighted by Gasteiger charge is 2.20. The van der Waals surface area contributed by atoms with Crippen LogP contribution in [-0.4, -0.2) is 37.8 Å². The molecule has 1 aromatic rings.